The van der Waals surface area contributed by atoms with Gasteiger partial charge in [-0.05, 0) is 44.4 Å². The van der Waals surface area contributed by atoms with E-state index in [0.717, 1.165) is 5.75 Å². The molecule has 0 spiro atoms. The Morgan fingerprint density at radius 2 is 1.78 bits per heavy atom. The lowest BCUT2D eigenvalue weighted by Crippen LogP contribution is -2.43. The first kappa shape index (κ1) is 14.6. The van der Waals surface area contributed by atoms with Gasteiger partial charge < -0.3 is 10.1 Å². The normalized spacial score (nSPS) is 11.4. The number of carbonyl (C=O) groups excluding carboxylic acids is 1. The van der Waals surface area contributed by atoms with Crippen LogP contribution in [0.15, 0.2) is 24.3 Å². The molecule has 0 atom stereocenters. The van der Waals surface area contributed by atoms with Crippen LogP contribution in [-0.2, 0) is 4.79 Å². The standard InChI is InChI=1S/C15H23NO2/c1-11(2)12-6-8-13(9-7-12)18-10-14(17)16-15(3,4)5/h6-9,11H,10H2,1-5H3,(H,16,17). The highest BCUT2D eigenvalue weighted by molar-refractivity contribution is 5.78. The molecule has 0 radical (unpaired) electrons. The van der Waals surface area contributed by atoms with Crippen LogP contribution in [-0.4, -0.2) is 18.1 Å². The smallest absolute Gasteiger partial charge is 0.258 e. The van der Waals surface area contributed by atoms with Gasteiger partial charge in [-0.2, -0.15) is 0 Å². The largest absolute Gasteiger partial charge is 0.484 e. The Balaban J connectivity index is 2.46. The molecule has 0 aromatic heterocycles. The first-order chi connectivity index (χ1) is 8.28. The van der Waals surface area contributed by atoms with Gasteiger partial charge in [-0.15, -0.1) is 0 Å². The summed E-state index contributed by atoms with van der Waals surface area (Å²) in [5.41, 5.74) is 1.04. The Bertz CT molecular complexity index is 388. The SMILES string of the molecule is CC(C)c1ccc(OCC(=O)NC(C)(C)C)cc1. The zero-order valence-corrected chi connectivity index (χ0v) is 11.9. The van der Waals surface area contributed by atoms with Crippen LogP contribution in [0.25, 0.3) is 0 Å². The summed E-state index contributed by atoms with van der Waals surface area (Å²) in [6.45, 7) is 10.2. The van der Waals surface area contributed by atoms with Crippen LogP contribution < -0.4 is 10.1 Å². The molecule has 1 N–H and O–H groups in total. The molecule has 0 aliphatic carbocycles. The molecule has 0 aliphatic rings. The van der Waals surface area contributed by atoms with Crippen molar-refractivity contribution in [3.8, 4) is 5.75 Å². The predicted molar refractivity (Wildman–Crippen MR) is 73.9 cm³/mol. The van der Waals surface area contributed by atoms with E-state index in [1.54, 1.807) is 0 Å². The van der Waals surface area contributed by atoms with Crippen molar-refractivity contribution in [2.45, 2.75) is 46.1 Å². The van der Waals surface area contributed by atoms with E-state index in [1.807, 2.05) is 45.0 Å². The van der Waals surface area contributed by atoms with E-state index in [-0.39, 0.29) is 18.1 Å². The van der Waals surface area contributed by atoms with Crippen LogP contribution in [0.2, 0.25) is 0 Å². The molecule has 18 heavy (non-hydrogen) atoms. The summed E-state index contributed by atoms with van der Waals surface area (Å²) >= 11 is 0. The minimum absolute atomic E-state index is 0.0539. The topological polar surface area (TPSA) is 38.3 Å². The molecule has 3 nitrogen and oxygen atoms in total. The fraction of sp³-hybridized carbons (Fsp3) is 0.533. The van der Waals surface area contributed by atoms with Crippen LogP contribution in [0.4, 0.5) is 0 Å². The maximum absolute atomic E-state index is 11.6. The number of ether oxygens (including phenoxy) is 1. The number of hydrogen-bond donors (Lipinski definition) is 1. The van der Waals surface area contributed by atoms with Gasteiger partial charge in [0.1, 0.15) is 5.75 Å². The summed E-state index contributed by atoms with van der Waals surface area (Å²) in [5.74, 6) is 1.13. The molecule has 1 amide bonds. The third kappa shape index (κ3) is 5.21. The number of rotatable bonds is 4. The van der Waals surface area contributed by atoms with E-state index < -0.39 is 0 Å². The Labute approximate surface area is 110 Å². The molecular weight excluding hydrogens is 226 g/mol. The zero-order chi connectivity index (χ0) is 13.8. The number of amides is 1. The molecule has 1 rings (SSSR count). The van der Waals surface area contributed by atoms with E-state index in [0.29, 0.717) is 5.92 Å². The number of benzene rings is 1. The van der Waals surface area contributed by atoms with Crippen molar-refractivity contribution in [3.05, 3.63) is 29.8 Å². The third-order valence-corrected chi connectivity index (χ3v) is 2.43. The molecule has 0 heterocycles. The third-order valence-electron chi connectivity index (χ3n) is 2.43. The minimum Gasteiger partial charge on any atom is -0.484 e. The minimum atomic E-state index is -0.220. The Morgan fingerprint density at radius 1 is 1.22 bits per heavy atom. The van der Waals surface area contributed by atoms with Crippen LogP contribution in [0.1, 0.15) is 46.1 Å². The van der Waals surface area contributed by atoms with E-state index in [1.165, 1.54) is 5.56 Å². The van der Waals surface area contributed by atoms with Crippen molar-refractivity contribution >= 4 is 5.91 Å². The summed E-state index contributed by atoms with van der Waals surface area (Å²) in [6, 6.07) is 7.86. The quantitative estimate of drug-likeness (QED) is 0.890. The lowest BCUT2D eigenvalue weighted by molar-refractivity contribution is -0.124. The molecule has 0 bridgehead atoms. The second kappa shape index (κ2) is 5.89. The van der Waals surface area contributed by atoms with Crippen molar-refractivity contribution in [3.63, 3.8) is 0 Å². The first-order valence-corrected chi connectivity index (χ1v) is 6.32. The molecule has 0 saturated carbocycles. The van der Waals surface area contributed by atoms with Crippen molar-refractivity contribution in [1.29, 1.82) is 0 Å². The number of nitrogens with one attached hydrogen (secondary N) is 1. The molecule has 1 aromatic carbocycles. The molecule has 0 unspecified atom stereocenters. The van der Waals surface area contributed by atoms with Gasteiger partial charge in [0.05, 0.1) is 0 Å². The van der Waals surface area contributed by atoms with Crippen LogP contribution in [0.3, 0.4) is 0 Å². The van der Waals surface area contributed by atoms with Crippen molar-refractivity contribution in [2.75, 3.05) is 6.61 Å². The highest BCUT2D eigenvalue weighted by Gasteiger charge is 2.13. The average molecular weight is 249 g/mol. The van der Waals surface area contributed by atoms with Crippen molar-refractivity contribution < 1.29 is 9.53 Å². The molecule has 0 aliphatic heterocycles. The van der Waals surface area contributed by atoms with Gasteiger partial charge in [0.2, 0.25) is 0 Å². The lowest BCUT2D eigenvalue weighted by atomic mass is 10.0. The van der Waals surface area contributed by atoms with Gasteiger partial charge in [0.25, 0.3) is 5.91 Å². The Kier molecular flexibility index (Phi) is 4.76. The fourth-order valence-corrected chi connectivity index (χ4v) is 1.55. The summed E-state index contributed by atoms with van der Waals surface area (Å²) in [5, 5.41) is 2.86. The van der Waals surface area contributed by atoms with Crippen molar-refractivity contribution in [2.24, 2.45) is 0 Å². The highest BCUT2D eigenvalue weighted by atomic mass is 16.5. The second-order valence-electron chi connectivity index (χ2n) is 5.81. The summed E-state index contributed by atoms with van der Waals surface area (Å²) in [4.78, 5) is 11.6. The second-order valence-corrected chi connectivity index (χ2v) is 5.81. The molecule has 1 aromatic rings. The Morgan fingerprint density at radius 3 is 2.22 bits per heavy atom. The average Bonchev–Trinajstić information content (AvgIpc) is 2.24. The molecule has 3 heteroatoms. The van der Waals surface area contributed by atoms with Gasteiger partial charge in [-0.25, -0.2) is 0 Å². The molecule has 0 fully saturated rings. The van der Waals surface area contributed by atoms with E-state index in [9.17, 15) is 4.79 Å². The summed E-state index contributed by atoms with van der Waals surface area (Å²) in [7, 11) is 0. The highest BCUT2D eigenvalue weighted by Crippen LogP contribution is 2.18. The zero-order valence-electron chi connectivity index (χ0n) is 11.9. The van der Waals surface area contributed by atoms with Gasteiger partial charge in [0, 0.05) is 5.54 Å². The number of hydrogen-bond acceptors (Lipinski definition) is 2. The van der Waals surface area contributed by atoms with Gasteiger partial charge in [-0.1, -0.05) is 26.0 Å². The monoisotopic (exact) mass is 249 g/mol. The maximum Gasteiger partial charge on any atom is 0.258 e. The number of carbonyl (C=O) groups is 1. The molecular formula is C15H23NO2. The Hall–Kier alpha value is -1.51. The van der Waals surface area contributed by atoms with Crippen molar-refractivity contribution in [1.82, 2.24) is 5.32 Å². The van der Waals surface area contributed by atoms with Gasteiger partial charge >= 0.3 is 0 Å². The van der Waals surface area contributed by atoms with E-state index >= 15 is 0 Å². The van der Waals surface area contributed by atoms with Crippen LogP contribution in [0.5, 0.6) is 5.75 Å². The predicted octanol–water partition coefficient (Wildman–Crippen LogP) is 3.10. The first-order valence-electron chi connectivity index (χ1n) is 6.32. The van der Waals surface area contributed by atoms with Gasteiger partial charge in [0.15, 0.2) is 6.61 Å². The van der Waals surface area contributed by atoms with E-state index in [2.05, 4.69) is 19.2 Å². The summed E-state index contributed by atoms with van der Waals surface area (Å²) in [6.07, 6.45) is 0. The maximum atomic E-state index is 11.6. The van der Waals surface area contributed by atoms with E-state index in [4.69, 9.17) is 4.74 Å². The molecule has 0 saturated heterocycles. The van der Waals surface area contributed by atoms with Crippen LogP contribution in [0, 0.1) is 0 Å². The van der Waals surface area contributed by atoms with Gasteiger partial charge in [-0.3, -0.25) is 4.79 Å². The lowest BCUT2D eigenvalue weighted by Gasteiger charge is -2.20. The van der Waals surface area contributed by atoms with Crippen LogP contribution >= 0.6 is 0 Å². The fourth-order valence-electron chi connectivity index (χ4n) is 1.55. The molecule has 100 valence electrons. The summed E-state index contributed by atoms with van der Waals surface area (Å²) < 4.78 is 5.44.